The molecule has 0 aliphatic heterocycles. The molecular formula is C31H51N7O7. The molecule has 1 aromatic carbocycles. The van der Waals surface area contributed by atoms with Gasteiger partial charge in [0.25, 0.3) is 0 Å². The molecule has 0 saturated heterocycles. The number of likely N-dealkylation sites (N-methyl/N-ethyl adjacent to an activating group) is 2. The first-order chi connectivity index (χ1) is 21.1. The number of hydrogen-bond acceptors (Lipinski definition) is 7. The third kappa shape index (κ3) is 13.9. The van der Waals surface area contributed by atoms with E-state index in [1.807, 2.05) is 27.7 Å². The van der Waals surface area contributed by atoms with Crippen LogP contribution >= 0.6 is 0 Å². The molecule has 14 nitrogen and oxygen atoms in total. The molecular weight excluding hydrogens is 582 g/mol. The molecule has 1 rings (SSSR count). The molecule has 0 heterocycles. The van der Waals surface area contributed by atoms with Gasteiger partial charge in [-0.25, -0.2) is 9.59 Å². The molecule has 14 heteroatoms. The van der Waals surface area contributed by atoms with Crippen molar-refractivity contribution >= 4 is 41.4 Å². The Kier molecular flexibility index (Phi) is 16.4. The minimum atomic E-state index is -0.874. The van der Waals surface area contributed by atoms with Crippen LogP contribution in [0.2, 0.25) is 0 Å². The molecule has 45 heavy (non-hydrogen) atoms. The van der Waals surface area contributed by atoms with Crippen LogP contribution in [0.4, 0.5) is 15.3 Å². The fourth-order valence-electron chi connectivity index (χ4n) is 4.54. The number of primary amides is 1. The van der Waals surface area contributed by atoms with Crippen LogP contribution in [0, 0.1) is 17.8 Å². The Hall–Kier alpha value is -4.36. The maximum atomic E-state index is 13.1. The Labute approximate surface area is 265 Å². The first kappa shape index (κ1) is 38.7. The number of amides is 7. The van der Waals surface area contributed by atoms with Crippen molar-refractivity contribution in [1.29, 1.82) is 0 Å². The van der Waals surface area contributed by atoms with Crippen LogP contribution in [0.25, 0.3) is 0 Å². The molecule has 0 bridgehead atoms. The number of nitrogens with one attached hydrogen (secondary N) is 5. The van der Waals surface area contributed by atoms with Crippen LogP contribution in [0.3, 0.4) is 0 Å². The normalized spacial score (nSPS) is 13.0. The zero-order chi connectivity index (χ0) is 34.3. The van der Waals surface area contributed by atoms with E-state index in [0.717, 1.165) is 0 Å². The maximum Gasteiger partial charge on any atom is 0.410 e. The predicted molar refractivity (Wildman–Crippen MR) is 171 cm³/mol. The molecule has 252 valence electrons. The van der Waals surface area contributed by atoms with Gasteiger partial charge in [0, 0.05) is 32.7 Å². The van der Waals surface area contributed by atoms with E-state index in [0.29, 0.717) is 17.7 Å². The van der Waals surface area contributed by atoms with E-state index in [2.05, 4.69) is 26.6 Å². The van der Waals surface area contributed by atoms with Crippen LogP contribution in [0.15, 0.2) is 24.3 Å². The summed E-state index contributed by atoms with van der Waals surface area (Å²) in [6.07, 6.45) is 0.265. The highest BCUT2D eigenvalue weighted by atomic mass is 16.6. The molecule has 0 aliphatic rings. The topological polar surface area (TPSA) is 201 Å². The number of hydrogen-bond donors (Lipinski definition) is 6. The predicted octanol–water partition coefficient (Wildman–Crippen LogP) is 2.08. The Balaban J connectivity index is 2.83. The highest BCUT2D eigenvalue weighted by molar-refractivity contribution is 5.97. The number of nitrogens with zero attached hydrogens (tertiary/aromatic N) is 1. The molecule has 3 atom stereocenters. The van der Waals surface area contributed by atoms with E-state index in [-0.39, 0.29) is 55.6 Å². The number of ether oxygens (including phenoxy) is 1. The zero-order valence-electron chi connectivity index (χ0n) is 27.7. The lowest BCUT2D eigenvalue weighted by atomic mass is 9.99. The SMILES string of the molecule is CNC(=O)[C@@H](NC(=O)[C@@H](C(C)C)N(C)C(=O)OCc1ccc(NC(=O)[C@H](CCCNC(N)=O)NC(=O)CC(C)C)cc1)C(C)C. The molecule has 7 N–H and O–H groups in total. The lowest BCUT2D eigenvalue weighted by Gasteiger charge is -2.31. The van der Waals surface area contributed by atoms with Crippen molar-refractivity contribution in [3.05, 3.63) is 29.8 Å². The van der Waals surface area contributed by atoms with Crippen LogP contribution in [-0.4, -0.2) is 79.4 Å². The number of urea groups is 1. The highest BCUT2D eigenvalue weighted by Crippen LogP contribution is 2.16. The van der Waals surface area contributed by atoms with Gasteiger partial charge in [-0.15, -0.1) is 0 Å². The van der Waals surface area contributed by atoms with Crippen molar-refractivity contribution < 1.29 is 33.5 Å². The zero-order valence-corrected chi connectivity index (χ0v) is 27.7. The summed E-state index contributed by atoms with van der Waals surface area (Å²) in [5, 5.41) is 13.3. The Morgan fingerprint density at radius 1 is 0.867 bits per heavy atom. The summed E-state index contributed by atoms with van der Waals surface area (Å²) in [6.45, 7) is 11.2. The van der Waals surface area contributed by atoms with E-state index in [1.54, 1.807) is 38.1 Å². The highest BCUT2D eigenvalue weighted by Gasteiger charge is 2.34. The van der Waals surface area contributed by atoms with Crippen LogP contribution < -0.4 is 32.3 Å². The van der Waals surface area contributed by atoms with E-state index in [4.69, 9.17) is 10.5 Å². The standard InChI is InChI=1S/C31H51N7O7/c1-18(2)16-24(39)36-23(10-9-15-34-30(32)43)27(40)35-22-13-11-21(12-14-22)17-45-31(44)38(8)26(20(5)6)29(42)37-25(19(3)4)28(41)33-7/h11-14,18-20,23,25-26H,9-10,15-17H2,1-8H3,(H,33,41)(H,35,40)(H,36,39)(H,37,42)(H3,32,34,43)/t23-,25-,26+/m0/s1. The number of anilines is 1. The number of rotatable bonds is 17. The van der Waals surface area contributed by atoms with Gasteiger partial charge in [-0.3, -0.25) is 24.1 Å². The Bertz CT molecular complexity index is 1160. The summed E-state index contributed by atoms with van der Waals surface area (Å²) < 4.78 is 5.45. The van der Waals surface area contributed by atoms with Crippen LogP contribution in [0.1, 0.15) is 66.4 Å². The molecule has 0 radical (unpaired) electrons. The van der Waals surface area contributed by atoms with Crippen molar-refractivity contribution in [1.82, 2.24) is 26.2 Å². The number of nitrogens with two attached hydrogens (primary N) is 1. The second kappa shape index (κ2) is 19.1. The molecule has 0 aromatic heterocycles. The van der Waals surface area contributed by atoms with Crippen molar-refractivity contribution in [2.24, 2.45) is 23.5 Å². The van der Waals surface area contributed by atoms with Gasteiger partial charge < -0.3 is 37.1 Å². The van der Waals surface area contributed by atoms with Gasteiger partial charge in [0.1, 0.15) is 24.7 Å². The van der Waals surface area contributed by atoms with Crippen molar-refractivity contribution in [2.45, 2.75) is 85.5 Å². The summed E-state index contributed by atoms with van der Waals surface area (Å²) in [7, 11) is 2.96. The average Bonchev–Trinajstić information content (AvgIpc) is 2.95. The molecule has 0 aliphatic carbocycles. The molecule has 0 spiro atoms. The van der Waals surface area contributed by atoms with Gasteiger partial charge in [-0.05, 0) is 48.3 Å². The number of carbonyl (C=O) groups excluding carboxylic acids is 6. The maximum absolute atomic E-state index is 13.1. The third-order valence-corrected chi connectivity index (χ3v) is 6.90. The van der Waals surface area contributed by atoms with E-state index in [1.165, 1.54) is 19.0 Å². The monoisotopic (exact) mass is 633 g/mol. The summed E-state index contributed by atoms with van der Waals surface area (Å²) in [4.78, 5) is 75.7. The molecule has 7 amide bonds. The summed E-state index contributed by atoms with van der Waals surface area (Å²) in [5.41, 5.74) is 6.20. The quantitative estimate of drug-likeness (QED) is 0.141. The third-order valence-electron chi connectivity index (χ3n) is 6.90. The minimum absolute atomic E-state index is 0.0859. The van der Waals surface area contributed by atoms with E-state index < -0.39 is 42.1 Å². The number of benzene rings is 1. The van der Waals surface area contributed by atoms with Crippen molar-refractivity contribution in [3.8, 4) is 0 Å². The van der Waals surface area contributed by atoms with Crippen LogP contribution in [0.5, 0.6) is 0 Å². The molecule has 0 fully saturated rings. The van der Waals surface area contributed by atoms with Gasteiger partial charge in [0.2, 0.25) is 23.6 Å². The van der Waals surface area contributed by atoms with Crippen molar-refractivity contribution in [2.75, 3.05) is 26.0 Å². The summed E-state index contributed by atoms with van der Waals surface area (Å²) in [5.74, 6) is -1.76. The Morgan fingerprint density at radius 3 is 2.00 bits per heavy atom. The van der Waals surface area contributed by atoms with Crippen molar-refractivity contribution in [3.63, 3.8) is 0 Å². The van der Waals surface area contributed by atoms with E-state index in [9.17, 15) is 28.8 Å². The molecule has 0 unspecified atom stereocenters. The Morgan fingerprint density at radius 2 is 1.49 bits per heavy atom. The molecule has 0 saturated carbocycles. The smallest absolute Gasteiger partial charge is 0.410 e. The van der Waals surface area contributed by atoms with E-state index >= 15 is 0 Å². The fourth-order valence-corrected chi connectivity index (χ4v) is 4.54. The largest absolute Gasteiger partial charge is 0.445 e. The summed E-state index contributed by atoms with van der Waals surface area (Å²) >= 11 is 0. The van der Waals surface area contributed by atoms with Gasteiger partial charge in [-0.1, -0.05) is 53.7 Å². The minimum Gasteiger partial charge on any atom is -0.445 e. The fraction of sp³-hybridized carbons (Fsp3) is 0.613. The summed E-state index contributed by atoms with van der Waals surface area (Å²) in [6, 6.07) is 3.52. The van der Waals surface area contributed by atoms with Crippen LogP contribution in [-0.2, 0) is 30.5 Å². The lowest BCUT2D eigenvalue weighted by Crippen LogP contribution is -2.56. The van der Waals surface area contributed by atoms with Gasteiger partial charge >= 0.3 is 12.1 Å². The second-order valence-electron chi connectivity index (χ2n) is 12.0. The average molecular weight is 634 g/mol. The number of carbonyl (C=O) groups is 6. The second-order valence-corrected chi connectivity index (χ2v) is 12.0. The first-order valence-electron chi connectivity index (χ1n) is 15.2. The van der Waals surface area contributed by atoms with Gasteiger partial charge in [0.05, 0.1) is 0 Å². The molecule has 1 aromatic rings. The van der Waals surface area contributed by atoms with Gasteiger partial charge in [-0.2, -0.15) is 0 Å². The first-order valence-corrected chi connectivity index (χ1v) is 15.2. The lowest BCUT2D eigenvalue weighted by molar-refractivity contribution is -0.133. The van der Waals surface area contributed by atoms with Gasteiger partial charge in [0.15, 0.2) is 0 Å².